The van der Waals surface area contributed by atoms with Gasteiger partial charge in [-0.1, -0.05) is 25.1 Å². The number of carbonyl (C=O) groups is 2. The fourth-order valence-electron chi connectivity index (χ4n) is 1.38. The van der Waals surface area contributed by atoms with E-state index in [-0.39, 0.29) is 18.9 Å². The molecule has 1 aromatic rings. The van der Waals surface area contributed by atoms with Crippen LogP contribution in [0.5, 0.6) is 5.75 Å². The Kier molecular flexibility index (Phi) is 5.70. The van der Waals surface area contributed by atoms with Crippen molar-refractivity contribution in [2.45, 2.75) is 25.8 Å². The van der Waals surface area contributed by atoms with Gasteiger partial charge in [0.2, 0.25) is 5.91 Å². The number of carboxylic acids is 1. The predicted octanol–water partition coefficient (Wildman–Crippen LogP) is 1.43. The maximum absolute atomic E-state index is 11.5. The van der Waals surface area contributed by atoms with Gasteiger partial charge in [-0.15, -0.1) is 0 Å². The van der Waals surface area contributed by atoms with Crippen LogP contribution in [0, 0.1) is 0 Å². The van der Waals surface area contributed by atoms with Crippen LogP contribution in [-0.4, -0.2) is 29.6 Å². The smallest absolute Gasteiger partial charge is 0.326 e. The fourth-order valence-corrected chi connectivity index (χ4v) is 1.38. The Balaban J connectivity index is 2.27. The highest BCUT2D eigenvalue weighted by Gasteiger charge is 2.17. The summed E-state index contributed by atoms with van der Waals surface area (Å²) in [6, 6.07) is 8.32. The average molecular weight is 251 g/mol. The fraction of sp³-hybridized carbons (Fsp3) is 0.385. The van der Waals surface area contributed by atoms with Crippen molar-refractivity contribution in [3.05, 3.63) is 30.3 Å². The molecule has 0 aliphatic carbocycles. The molecule has 0 bridgehead atoms. The van der Waals surface area contributed by atoms with Crippen molar-refractivity contribution in [2.24, 2.45) is 0 Å². The van der Waals surface area contributed by atoms with E-state index < -0.39 is 12.0 Å². The van der Waals surface area contributed by atoms with Crippen molar-refractivity contribution < 1.29 is 19.4 Å². The topological polar surface area (TPSA) is 75.6 Å². The summed E-state index contributed by atoms with van der Waals surface area (Å²) in [7, 11) is 0. The molecule has 1 rings (SSSR count). The second-order valence-corrected chi connectivity index (χ2v) is 3.78. The van der Waals surface area contributed by atoms with Crippen LogP contribution in [0.4, 0.5) is 0 Å². The number of carboxylic acid groups (broad SMARTS) is 1. The van der Waals surface area contributed by atoms with Crippen LogP contribution >= 0.6 is 0 Å². The summed E-state index contributed by atoms with van der Waals surface area (Å²) < 4.78 is 5.34. The van der Waals surface area contributed by atoms with E-state index in [4.69, 9.17) is 9.84 Å². The predicted molar refractivity (Wildman–Crippen MR) is 66.4 cm³/mol. The van der Waals surface area contributed by atoms with Crippen LogP contribution in [0.3, 0.4) is 0 Å². The van der Waals surface area contributed by atoms with E-state index in [0.717, 1.165) is 0 Å². The molecule has 5 heteroatoms. The van der Waals surface area contributed by atoms with Crippen molar-refractivity contribution in [2.75, 3.05) is 6.61 Å². The van der Waals surface area contributed by atoms with Crippen LogP contribution < -0.4 is 10.1 Å². The molecule has 1 aromatic carbocycles. The highest BCUT2D eigenvalue weighted by molar-refractivity contribution is 5.83. The first kappa shape index (κ1) is 14.0. The Morgan fingerprint density at radius 1 is 1.33 bits per heavy atom. The molecule has 0 aliphatic rings. The average Bonchev–Trinajstić information content (AvgIpc) is 2.37. The molecule has 0 radical (unpaired) electrons. The number of nitrogens with one attached hydrogen (secondary N) is 1. The lowest BCUT2D eigenvalue weighted by Crippen LogP contribution is -2.40. The first-order chi connectivity index (χ1) is 8.63. The Morgan fingerprint density at radius 2 is 2.00 bits per heavy atom. The van der Waals surface area contributed by atoms with Gasteiger partial charge < -0.3 is 15.2 Å². The van der Waals surface area contributed by atoms with Crippen LogP contribution in [0.1, 0.15) is 19.8 Å². The molecule has 2 N–H and O–H groups in total. The van der Waals surface area contributed by atoms with Gasteiger partial charge in [-0.25, -0.2) is 4.79 Å². The van der Waals surface area contributed by atoms with Crippen molar-refractivity contribution in [3.8, 4) is 5.75 Å². The van der Waals surface area contributed by atoms with Crippen molar-refractivity contribution >= 4 is 11.9 Å². The zero-order valence-electron chi connectivity index (χ0n) is 10.3. The van der Waals surface area contributed by atoms with Crippen LogP contribution in [0.15, 0.2) is 30.3 Å². The van der Waals surface area contributed by atoms with E-state index in [2.05, 4.69) is 5.32 Å². The molecular weight excluding hydrogens is 234 g/mol. The largest absolute Gasteiger partial charge is 0.493 e. The maximum atomic E-state index is 11.5. The van der Waals surface area contributed by atoms with Gasteiger partial charge in [0.25, 0.3) is 0 Å². The molecule has 0 heterocycles. The number of hydrogen-bond donors (Lipinski definition) is 2. The molecule has 0 saturated heterocycles. The van der Waals surface area contributed by atoms with Gasteiger partial charge in [-0.2, -0.15) is 0 Å². The zero-order chi connectivity index (χ0) is 13.4. The number of amides is 1. The van der Waals surface area contributed by atoms with Gasteiger partial charge in [0.15, 0.2) is 0 Å². The summed E-state index contributed by atoms with van der Waals surface area (Å²) in [4.78, 5) is 22.2. The summed E-state index contributed by atoms with van der Waals surface area (Å²) >= 11 is 0. The quantitative estimate of drug-likeness (QED) is 0.768. The summed E-state index contributed by atoms with van der Waals surface area (Å²) in [6.45, 7) is 1.94. The third-order valence-electron chi connectivity index (χ3n) is 2.38. The number of para-hydroxylation sites is 1. The molecule has 5 nitrogen and oxygen atoms in total. The normalized spacial score (nSPS) is 11.6. The molecule has 98 valence electrons. The van der Waals surface area contributed by atoms with E-state index in [9.17, 15) is 9.59 Å². The Labute approximate surface area is 106 Å². The van der Waals surface area contributed by atoms with E-state index in [0.29, 0.717) is 12.2 Å². The number of carbonyl (C=O) groups excluding carboxylic acids is 1. The molecule has 18 heavy (non-hydrogen) atoms. The van der Waals surface area contributed by atoms with Gasteiger partial charge in [0.1, 0.15) is 11.8 Å². The molecule has 0 spiro atoms. The third kappa shape index (κ3) is 4.86. The van der Waals surface area contributed by atoms with Crippen molar-refractivity contribution in [3.63, 3.8) is 0 Å². The molecule has 1 amide bonds. The third-order valence-corrected chi connectivity index (χ3v) is 2.38. The molecule has 0 fully saturated rings. The molecule has 0 aromatic heterocycles. The Hall–Kier alpha value is -2.04. The highest BCUT2D eigenvalue weighted by Crippen LogP contribution is 2.08. The summed E-state index contributed by atoms with van der Waals surface area (Å²) in [5, 5.41) is 11.2. The SMILES string of the molecule is CC[C@H](NC(=O)CCOc1ccccc1)C(=O)O. The summed E-state index contributed by atoms with van der Waals surface area (Å²) in [5.74, 6) is -0.648. The van der Waals surface area contributed by atoms with Gasteiger partial charge in [0.05, 0.1) is 13.0 Å². The molecular formula is C13H17NO4. The minimum Gasteiger partial charge on any atom is -0.493 e. The van der Waals surface area contributed by atoms with E-state index in [1.165, 1.54) is 0 Å². The molecule has 0 saturated carbocycles. The minimum atomic E-state index is -1.02. The lowest BCUT2D eigenvalue weighted by molar-refractivity contribution is -0.142. The number of rotatable bonds is 7. The Morgan fingerprint density at radius 3 is 2.56 bits per heavy atom. The monoisotopic (exact) mass is 251 g/mol. The van der Waals surface area contributed by atoms with Crippen LogP contribution in [0.2, 0.25) is 0 Å². The van der Waals surface area contributed by atoms with Gasteiger partial charge in [-0.3, -0.25) is 4.79 Å². The molecule has 0 aliphatic heterocycles. The summed E-state index contributed by atoms with van der Waals surface area (Å²) in [6.07, 6.45) is 0.499. The number of ether oxygens (including phenoxy) is 1. The van der Waals surface area contributed by atoms with Crippen molar-refractivity contribution in [1.29, 1.82) is 0 Å². The standard InChI is InChI=1S/C13H17NO4/c1-2-11(13(16)17)14-12(15)8-9-18-10-6-4-3-5-7-10/h3-7,11H,2,8-9H2,1H3,(H,14,15)(H,16,17)/t11-/m0/s1. The maximum Gasteiger partial charge on any atom is 0.326 e. The minimum absolute atomic E-state index is 0.138. The first-order valence-corrected chi connectivity index (χ1v) is 5.83. The molecule has 0 unspecified atom stereocenters. The Bertz CT molecular complexity index is 391. The number of aliphatic carboxylic acids is 1. The van der Waals surface area contributed by atoms with Crippen LogP contribution in [-0.2, 0) is 9.59 Å². The first-order valence-electron chi connectivity index (χ1n) is 5.83. The highest BCUT2D eigenvalue weighted by atomic mass is 16.5. The second kappa shape index (κ2) is 7.32. The van der Waals surface area contributed by atoms with Crippen LogP contribution in [0.25, 0.3) is 0 Å². The lowest BCUT2D eigenvalue weighted by Gasteiger charge is -2.12. The number of hydrogen-bond acceptors (Lipinski definition) is 3. The van der Waals surface area contributed by atoms with E-state index in [1.54, 1.807) is 19.1 Å². The zero-order valence-corrected chi connectivity index (χ0v) is 10.3. The van der Waals surface area contributed by atoms with Gasteiger partial charge >= 0.3 is 5.97 Å². The van der Waals surface area contributed by atoms with Gasteiger partial charge in [0, 0.05) is 0 Å². The van der Waals surface area contributed by atoms with Gasteiger partial charge in [-0.05, 0) is 18.6 Å². The number of benzene rings is 1. The summed E-state index contributed by atoms with van der Waals surface area (Å²) in [5.41, 5.74) is 0. The second-order valence-electron chi connectivity index (χ2n) is 3.78. The van der Waals surface area contributed by atoms with E-state index in [1.807, 2.05) is 18.2 Å². The van der Waals surface area contributed by atoms with E-state index >= 15 is 0 Å². The lowest BCUT2D eigenvalue weighted by atomic mass is 10.2. The van der Waals surface area contributed by atoms with Crippen molar-refractivity contribution in [1.82, 2.24) is 5.32 Å². The molecule has 1 atom stereocenters.